The normalized spacial score (nSPS) is 17.0. The van der Waals surface area contributed by atoms with E-state index in [0.717, 1.165) is 56.6 Å². The van der Waals surface area contributed by atoms with Crippen LogP contribution in [0, 0.1) is 0 Å². The number of β-amino-alcohol motifs (C(OH)–C–C–N with tert-alkyl or cyclic N) is 1. The van der Waals surface area contributed by atoms with Crippen LogP contribution in [0.2, 0.25) is 0 Å². The van der Waals surface area contributed by atoms with Gasteiger partial charge in [0.05, 0.1) is 27.0 Å². The molecule has 1 atom stereocenters. The van der Waals surface area contributed by atoms with E-state index in [-0.39, 0.29) is 5.91 Å². The first-order valence-corrected chi connectivity index (χ1v) is 17.4. The van der Waals surface area contributed by atoms with Crippen molar-refractivity contribution < 1.29 is 19.4 Å². The molecule has 0 saturated carbocycles. The van der Waals surface area contributed by atoms with Gasteiger partial charge in [-0.25, -0.2) is 0 Å². The van der Waals surface area contributed by atoms with Gasteiger partial charge in [-0.05, 0) is 84.6 Å². The van der Waals surface area contributed by atoms with E-state index in [2.05, 4.69) is 69.0 Å². The van der Waals surface area contributed by atoms with Crippen LogP contribution in [-0.2, 0) is 17.6 Å². The molecule has 0 bridgehead atoms. The third-order valence-electron chi connectivity index (χ3n) is 9.62. The number of para-hydroxylation sites is 1. The predicted octanol–water partition coefficient (Wildman–Crippen LogP) is 5.31. The Balaban J connectivity index is 1.05. The molecular formula is C38H46N4O4S. The molecule has 2 aliphatic heterocycles. The summed E-state index contributed by atoms with van der Waals surface area (Å²) in [5.74, 6) is 1.55. The Labute approximate surface area is 282 Å². The van der Waals surface area contributed by atoms with Crippen LogP contribution >= 0.6 is 11.3 Å². The van der Waals surface area contributed by atoms with Crippen molar-refractivity contribution in [1.82, 2.24) is 15.1 Å². The Morgan fingerprint density at radius 2 is 1.68 bits per heavy atom. The molecule has 0 aliphatic carbocycles. The molecule has 1 amide bonds. The molecule has 1 spiro atoms. The zero-order chi connectivity index (χ0) is 32.6. The molecule has 3 heterocycles. The molecule has 9 heteroatoms. The SMILES string of the molecule is COc1ccc(CCNC[C@@H](O)CN2CN(c3ccccc3)C3(CCN(CCc4ccccc4-c4cccs4)CC3)C2=O)cc1OC. The van der Waals surface area contributed by atoms with Crippen LogP contribution in [0.5, 0.6) is 11.5 Å². The molecule has 2 aliphatic rings. The maximum atomic E-state index is 14.2. The number of nitrogens with one attached hydrogen (secondary N) is 1. The first-order valence-electron chi connectivity index (χ1n) is 16.6. The zero-order valence-electron chi connectivity index (χ0n) is 27.4. The number of carbonyl (C=O) groups is 1. The molecular weight excluding hydrogens is 609 g/mol. The van der Waals surface area contributed by atoms with Crippen molar-refractivity contribution in [3.63, 3.8) is 0 Å². The number of benzene rings is 3. The summed E-state index contributed by atoms with van der Waals surface area (Å²) in [5, 5.41) is 16.5. The lowest BCUT2D eigenvalue weighted by molar-refractivity contribution is -0.134. The number of methoxy groups -OCH3 is 2. The second-order valence-electron chi connectivity index (χ2n) is 12.5. The van der Waals surface area contributed by atoms with Crippen LogP contribution in [0.4, 0.5) is 5.69 Å². The first-order chi connectivity index (χ1) is 23.0. The van der Waals surface area contributed by atoms with Gasteiger partial charge in [-0.3, -0.25) is 4.79 Å². The Hall–Kier alpha value is -3.89. The van der Waals surface area contributed by atoms with Gasteiger partial charge in [0.15, 0.2) is 11.5 Å². The maximum Gasteiger partial charge on any atom is 0.250 e. The van der Waals surface area contributed by atoms with Gasteiger partial charge in [0.25, 0.3) is 0 Å². The minimum absolute atomic E-state index is 0.133. The van der Waals surface area contributed by atoms with E-state index in [1.807, 2.05) is 41.3 Å². The molecule has 2 saturated heterocycles. The zero-order valence-corrected chi connectivity index (χ0v) is 28.3. The van der Waals surface area contributed by atoms with Gasteiger partial charge in [-0.2, -0.15) is 0 Å². The van der Waals surface area contributed by atoms with Crippen molar-refractivity contribution >= 4 is 22.9 Å². The average molecular weight is 655 g/mol. The highest BCUT2D eigenvalue weighted by Gasteiger charge is 2.53. The van der Waals surface area contributed by atoms with Crippen LogP contribution < -0.4 is 19.7 Å². The van der Waals surface area contributed by atoms with Gasteiger partial charge in [-0.15, -0.1) is 11.3 Å². The molecule has 8 nitrogen and oxygen atoms in total. The van der Waals surface area contributed by atoms with Crippen LogP contribution in [0.25, 0.3) is 10.4 Å². The lowest BCUT2D eigenvalue weighted by Crippen LogP contribution is -2.56. The molecule has 0 radical (unpaired) electrons. The van der Waals surface area contributed by atoms with E-state index in [4.69, 9.17) is 9.47 Å². The number of aliphatic hydroxyl groups excluding tert-OH is 1. The predicted molar refractivity (Wildman–Crippen MR) is 189 cm³/mol. The summed E-state index contributed by atoms with van der Waals surface area (Å²) in [4.78, 5) is 22.2. The van der Waals surface area contributed by atoms with Crippen molar-refractivity contribution in [2.75, 3.05) is 65.1 Å². The monoisotopic (exact) mass is 654 g/mol. The molecule has 248 valence electrons. The Kier molecular flexibility index (Phi) is 10.8. The van der Waals surface area contributed by atoms with Crippen molar-refractivity contribution in [3.05, 3.63) is 101 Å². The highest BCUT2D eigenvalue weighted by Crippen LogP contribution is 2.40. The largest absolute Gasteiger partial charge is 0.493 e. The lowest BCUT2D eigenvalue weighted by Gasteiger charge is -2.43. The number of ether oxygens (including phenoxy) is 2. The number of hydrogen-bond acceptors (Lipinski definition) is 8. The molecule has 47 heavy (non-hydrogen) atoms. The molecule has 6 rings (SSSR count). The summed E-state index contributed by atoms with van der Waals surface area (Å²) < 4.78 is 10.8. The van der Waals surface area contributed by atoms with E-state index in [1.54, 1.807) is 25.6 Å². The average Bonchev–Trinajstić information content (AvgIpc) is 3.74. The molecule has 3 aromatic carbocycles. The minimum Gasteiger partial charge on any atom is -0.493 e. The highest BCUT2D eigenvalue weighted by molar-refractivity contribution is 7.13. The van der Waals surface area contributed by atoms with Gasteiger partial charge in [0, 0.05) is 43.3 Å². The summed E-state index contributed by atoms with van der Waals surface area (Å²) in [7, 11) is 3.26. The van der Waals surface area contributed by atoms with Crippen molar-refractivity contribution in [3.8, 4) is 21.9 Å². The number of thiophene rings is 1. The highest BCUT2D eigenvalue weighted by atomic mass is 32.1. The van der Waals surface area contributed by atoms with Crippen LogP contribution in [0.1, 0.15) is 24.0 Å². The second kappa shape index (κ2) is 15.3. The first kappa shape index (κ1) is 33.0. The summed E-state index contributed by atoms with van der Waals surface area (Å²) >= 11 is 1.78. The van der Waals surface area contributed by atoms with E-state index in [9.17, 15) is 9.90 Å². The summed E-state index contributed by atoms with van der Waals surface area (Å²) in [6, 6.07) is 29.2. The molecule has 1 aromatic heterocycles. The van der Waals surface area contributed by atoms with Crippen molar-refractivity contribution in [2.45, 2.75) is 37.3 Å². The summed E-state index contributed by atoms with van der Waals surface area (Å²) in [6.45, 7) is 4.60. The molecule has 2 N–H and O–H groups in total. The fraction of sp³-hybridized carbons (Fsp3) is 0.395. The summed E-state index contributed by atoms with van der Waals surface area (Å²) in [5.41, 5.74) is 4.28. The number of anilines is 1. The molecule has 2 fully saturated rings. The van der Waals surface area contributed by atoms with E-state index < -0.39 is 11.6 Å². The van der Waals surface area contributed by atoms with Gasteiger partial charge in [0.1, 0.15) is 5.54 Å². The Bertz CT molecular complexity index is 1590. The number of rotatable bonds is 14. The van der Waals surface area contributed by atoms with Gasteiger partial charge >= 0.3 is 0 Å². The van der Waals surface area contributed by atoms with E-state index >= 15 is 0 Å². The van der Waals surface area contributed by atoms with Gasteiger partial charge in [0.2, 0.25) is 5.91 Å². The van der Waals surface area contributed by atoms with E-state index in [0.29, 0.717) is 37.8 Å². The van der Waals surface area contributed by atoms with Crippen molar-refractivity contribution in [1.29, 1.82) is 0 Å². The standard InChI is InChI=1S/C38H46N4O4S/c1-45-34-15-14-29(25-35(34)46-2)16-20-39-26-32(43)27-41-28-42(31-10-4-3-5-11-31)38(37(41)44)18-22-40(23-19-38)21-17-30-9-6-7-12-33(30)36-13-8-24-47-36/h3-15,24-25,32,39,43H,16-23,26-28H2,1-2H3/t32-/m1/s1. The van der Waals surface area contributed by atoms with Gasteiger partial charge in [-0.1, -0.05) is 54.6 Å². The van der Waals surface area contributed by atoms with Gasteiger partial charge < -0.3 is 34.6 Å². The number of hydrogen-bond donors (Lipinski definition) is 2. The van der Waals surface area contributed by atoms with Crippen molar-refractivity contribution in [2.24, 2.45) is 0 Å². The third kappa shape index (κ3) is 7.49. The fourth-order valence-corrected chi connectivity index (χ4v) is 7.82. The number of aliphatic hydroxyl groups is 1. The van der Waals surface area contributed by atoms with Crippen LogP contribution in [-0.4, -0.2) is 92.6 Å². The minimum atomic E-state index is -0.666. The smallest absolute Gasteiger partial charge is 0.250 e. The number of piperidine rings is 1. The topological polar surface area (TPSA) is 77.5 Å². The number of likely N-dealkylation sites (tertiary alicyclic amines) is 1. The fourth-order valence-electron chi connectivity index (χ4n) is 7.03. The molecule has 4 aromatic rings. The maximum absolute atomic E-state index is 14.2. The Morgan fingerprint density at radius 3 is 2.43 bits per heavy atom. The second-order valence-corrected chi connectivity index (χ2v) is 13.4. The lowest BCUT2D eigenvalue weighted by atomic mass is 9.85. The third-order valence-corrected chi connectivity index (χ3v) is 10.5. The van der Waals surface area contributed by atoms with E-state index in [1.165, 1.54) is 16.0 Å². The number of carbonyl (C=O) groups excluding carboxylic acids is 1. The number of amides is 1. The quantitative estimate of drug-likeness (QED) is 0.179. The Morgan fingerprint density at radius 1 is 0.915 bits per heavy atom. The summed E-state index contributed by atoms with van der Waals surface area (Å²) in [6.07, 6.45) is 2.64. The van der Waals surface area contributed by atoms with Crippen LogP contribution in [0.15, 0.2) is 90.3 Å². The molecule has 0 unspecified atom stereocenters. The number of nitrogens with zero attached hydrogens (tertiary/aromatic N) is 3. The van der Waals surface area contributed by atoms with Crippen LogP contribution in [0.3, 0.4) is 0 Å².